The third-order valence-electron chi connectivity index (χ3n) is 4.84. The molecule has 0 bridgehead atoms. The molecule has 1 amide bonds. The molecule has 2 heterocycles. The van der Waals surface area contributed by atoms with E-state index in [-0.39, 0.29) is 18.0 Å². The Bertz CT molecular complexity index is 1330. The number of benzene rings is 2. The number of rotatable bonds is 4. The van der Waals surface area contributed by atoms with Crippen molar-refractivity contribution in [1.82, 2.24) is 9.55 Å². The van der Waals surface area contributed by atoms with Crippen LogP contribution in [0, 0.1) is 13.8 Å². The van der Waals surface area contributed by atoms with E-state index in [9.17, 15) is 9.59 Å². The summed E-state index contributed by atoms with van der Waals surface area (Å²) in [5.41, 5.74) is 2.84. The fourth-order valence-corrected chi connectivity index (χ4v) is 4.61. The molecule has 0 aliphatic carbocycles. The van der Waals surface area contributed by atoms with Crippen LogP contribution in [-0.4, -0.2) is 15.5 Å². The monoisotopic (exact) mass is 457 g/mol. The fourth-order valence-electron chi connectivity index (χ4n) is 3.30. The highest BCUT2D eigenvalue weighted by atomic mass is 35.5. The quantitative estimate of drug-likeness (QED) is 0.428. The highest BCUT2D eigenvalue weighted by Gasteiger charge is 2.18. The zero-order valence-electron chi connectivity index (χ0n) is 16.2. The minimum absolute atomic E-state index is 0.150. The van der Waals surface area contributed by atoms with Gasteiger partial charge in [0.05, 0.1) is 11.7 Å². The maximum atomic E-state index is 13.2. The number of carbonyl (C=O) groups excluding carboxylic acids is 1. The summed E-state index contributed by atoms with van der Waals surface area (Å²) in [6, 6.07) is 12.6. The maximum Gasteiger partial charge on any atom is 0.263 e. The summed E-state index contributed by atoms with van der Waals surface area (Å²) in [5.74, 6) is -0.330. The van der Waals surface area contributed by atoms with E-state index in [4.69, 9.17) is 23.2 Å². The van der Waals surface area contributed by atoms with Crippen LogP contribution in [0.2, 0.25) is 10.0 Å². The molecule has 1 N–H and O–H groups in total. The lowest BCUT2D eigenvalue weighted by Gasteiger charge is -2.10. The zero-order chi connectivity index (χ0) is 21.4. The lowest BCUT2D eigenvalue weighted by molar-refractivity contribution is -0.116. The lowest BCUT2D eigenvalue weighted by Crippen LogP contribution is -2.28. The second-order valence-electron chi connectivity index (χ2n) is 6.86. The van der Waals surface area contributed by atoms with E-state index in [2.05, 4.69) is 10.3 Å². The highest BCUT2D eigenvalue weighted by Crippen LogP contribution is 2.35. The minimum atomic E-state index is -0.330. The standard InChI is InChI=1S/C22H17Cl2N3O2S/c1-12-16(24)4-3-5-17(12)26-18(28)10-27-11-25-21-20(22(27)29)19(13(2)30-21)14-6-8-15(23)9-7-14/h3-9,11H,10H2,1-2H3,(H,26,28). The second kappa shape index (κ2) is 8.22. The van der Waals surface area contributed by atoms with Crippen molar-refractivity contribution in [3.63, 3.8) is 0 Å². The predicted octanol–water partition coefficient (Wildman–Crippen LogP) is 5.69. The minimum Gasteiger partial charge on any atom is -0.324 e. The van der Waals surface area contributed by atoms with Gasteiger partial charge < -0.3 is 5.32 Å². The van der Waals surface area contributed by atoms with E-state index < -0.39 is 0 Å². The van der Waals surface area contributed by atoms with Crippen LogP contribution in [0.15, 0.2) is 53.6 Å². The smallest absolute Gasteiger partial charge is 0.263 e. The first-order chi connectivity index (χ1) is 14.3. The number of aryl methyl sites for hydroxylation is 1. The molecule has 2 aromatic heterocycles. The van der Waals surface area contributed by atoms with Crippen LogP contribution in [0.25, 0.3) is 21.3 Å². The number of nitrogens with zero attached hydrogens (tertiary/aromatic N) is 2. The van der Waals surface area contributed by atoms with Gasteiger partial charge in [0.1, 0.15) is 11.4 Å². The molecule has 0 aliphatic heterocycles. The number of hydrogen-bond acceptors (Lipinski definition) is 4. The summed E-state index contributed by atoms with van der Waals surface area (Å²) < 4.78 is 1.32. The van der Waals surface area contributed by atoms with Gasteiger partial charge in [0, 0.05) is 26.2 Å². The van der Waals surface area contributed by atoms with Crippen LogP contribution >= 0.6 is 34.5 Å². The number of thiophene rings is 1. The Labute approximate surface area is 186 Å². The number of halogens is 2. The van der Waals surface area contributed by atoms with Crippen LogP contribution in [-0.2, 0) is 11.3 Å². The average molecular weight is 458 g/mol. The fraction of sp³-hybridized carbons (Fsp3) is 0.136. The summed E-state index contributed by atoms with van der Waals surface area (Å²) in [7, 11) is 0. The van der Waals surface area contributed by atoms with Gasteiger partial charge in [0.25, 0.3) is 5.56 Å². The topological polar surface area (TPSA) is 64.0 Å². The molecule has 4 aromatic rings. The van der Waals surface area contributed by atoms with Crippen LogP contribution < -0.4 is 10.9 Å². The van der Waals surface area contributed by atoms with E-state index in [1.165, 1.54) is 22.2 Å². The third-order valence-corrected chi connectivity index (χ3v) is 6.52. The summed E-state index contributed by atoms with van der Waals surface area (Å²) in [4.78, 5) is 31.8. The van der Waals surface area contributed by atoms with Crippen molar-refractivity contribution in [3.8, 4) is 11.1 Å². The van der Waals surface area contributed by atoms with Gasteiger partial charge in [0.15, 0.2) is 0 Å². The number of nitrogens with one attached hydrogen (secondary N) is 1. The van der Waals surface area contributed by atoms with Gasteiger partial charge in [-0.3, -0.25) is 14.2 Å². The van der Waals surface area contributed by atoms with Gasteiger partial charge in [-0.15, -0.1) is 11.3 Å². The van der Waals surface area contributed by atoms with Crippen LogP contribution in [0.4, 0.5) is 5.69 Å². The number of amides is 1. The zero-order valence-corrected chi connectivity index (χ0v) is 18.5. The molecule has 0 spiro atoms. The molecule has 0 radical (unpaired) electrons. The van der Waals surface area contributed by atoms with Crippen LogP contribution in [0.3, 0.4) is 0 Å². The summed E-state index contributed by atoms with van der Waals surface area (Å²) in [5, 5.41) is 4.51. The van der Waals surface area contributed by atoms with Crippen LogP contribution in [0.1, 0.15) is 10.4 Å². The first-order valence-electron chi connectivity index (χ1n) is 9.14. The molecular formula is C22H17Cl2N3O2S. The Morgan fingerprint density at radius 2 is 1.87 bits per heavy atom. The number of fused-ring (bicyclic) bond motifs is 1. The molecule has 4 rings (SSSR count). The normalized spacial score (nSPS) is 11.1. The second-order valence-corrected chi connectivity index (χ2v) is 8.91. The van der Waals surface area contributed by atoms with Crippen molar-refractivity contribution >= 4 is 56.3 Å². The Morgan fingerprint density at radius 3 is 2.60 bits per heavy atom. The lowest BCUT2D eigenvalue weighted by atomic mass is 10.0. The molecule has 0 fully saturated rings. The van der Waals surface area contributed by atoms with E-state index in [0.717, 1.165) is 21.6 Å². The molecule has 0 unspecified atom stereocenters. The molecule has 0 aliphatic rings. The first-order valence-corrected chi connectivity index (χ1v) is 10.7. The first kappa shape index (κ1) is 20.6. The van der Waals surface area contributed by atoms with Gasteiger partial charge in [-0.1, -0.05) is 41.4 Å². The summed E-state index contributed by atoms with van der Waals surface area (Å²) in [6.45, 7) is 3.63. The van der Waals surface area contributed by atoms with Crippen molar-refractivity contribution in [2.24, 2.45) is 0 Å². The number of carbonyl (C=O) groups is 1. The van der Waals surface area contributed by atoms with E-state index in [1.807, 2.05) is 26.0 Å². The maximum absolute atomic E-state index is 13.2. The van der Waals surface area contributed by atoms with E-state index in [0.29, 0.717) is 25.9 Å². The van der Waals surface area contributed by atoms with Crippen molar-refractivity contribution in [2.45, 2.75) is 20.4 Å². The Morgan fingerprint density at radius 1 is 1.13 bits per heavy atom. The molecular weight excluding hydrogens is 441 g/mol. The van der Waals surface area contributed by atoms with Gasteiger partial charge in [-0.2, -0.15) is 0 Å². The van der Waals surface area contributed by atoms with Crippen molar-refractivity contribution in [2.75, 3.05) is 5.32 Å². The summed E-state index contributed by atoms with van der Waals surface area (Å²) >= 11 is 13.6. The van der Waals surface area contributed by atoms with Crippen molar-refractivity contribution in [3.05, 3.63) is 79.6 Å². The average Bonchev–Trinajstić information content (AvgIpc) is 3.05. The van der Waals surface area contributed by atoms with E-state index >= 15 is 0 Å². The van der Waals surface area contributed by atoms with Gasteiger partial charge in [-0.05, 0) is 49.2 Å². The molecule has 30 heavy (non-hydrogen) atoms. The molecule has 0 saturated carbocycles. The highest BCUT2D eigenvalue weighted by molar-refractivity contribution is 7.19. The molecule has 152 valence electrons. The molecule has 8 heteroatoms. The Hall–Kier alpha value is -2.67. The molecule has 0 atom stereocenters. The molecule has 2 aromatic carbocycles. The predicted molar refractivity (Wildman–Crippen MR) is 124 cm³/mol. The Balaban J connectivity index is 1.70. The third kappa shape index (κ3) is 3.86. The largest absolute Gasteiger partial charge is 0.324 e. The molecule has 0 saturated heterocycles. The Kier molecular flexibility index (Phi) is 5.64. The number of hydrogen-bond donors (Lipinski definition) is 1. The van der Waals surface area contributed by atoms with Crippen molar-refractivity contribution in [1.29, 1.82) is 0 Å². The van der Waals surface area contributed by atoms with E-state index in [1.54, 1.807) is 30.3 Å². The van der Waals surface area contributed by atoms with Crippen molar-refractivity contribution < 1.29 is 4.79 Å². The van der Waals surface area contributed by atoms with Crippen LogP contribution in [0.5, 0.6) is 0 Å². The summed E-state index contributed by atoms with van der Waals surface area (Å²) in [6.07, 6.45) is 1.41. The van der Waals surface area contributed by atoms with Gasteiger partial charge >= 0.3 is 0 Å². The van der Waals surface area contributed by atoms with Gasteiger partial charge in [-0.25, -0.2) is 4.98 Å². The number of aromatic nitrogens is 2. The number of anilines is 1. The SMILES string of the molecule is Cc1sc2ncn(CC(=O)Nc3cccc(Cl)c3C)c(=O)c2c1-c1ccc(Cl)cc1. The molecule has 5 nitrogen and oxygen atoms in total. The van der Waals surface area contributed by atoms with Gasteiger partial charge in [0.2, 0.25) is 5.91 Å².